The Morgan fingerprint density at radius 2 is 0.852 bits per heavy atom. The van der Waals surface area contributed by atoms with Gasteiger partial charge in [-0.3, -0.25) is 0 Å². The second-order valence-electron chi connectivity index (χ2n) is 13.1. The van der Waals surface area contributed by atoms with E-state index in [9.17, 15) is 0 Å². The highest BCUT2D eigenvalue weighted by Crippen LogP contribution is 2.39. The van der Waals surface area contributed by atoms with Crippen LogP contribution in [0.2, 0.25) is 0 Å². The monoisotopic (exact) mass is 693 g/mol. The lowest BCUT2D eigenvalue weighted by atomic mass is 9.89. The lowest BCUT2D eigenvalue weighted by molar-refractivity contribution is 0.584. The minimum atomic E-state index is 0.486. The van der Waals surface area contributed by atoms with Crippen LogP contribution in [-0.2, 0) is 0 Å². The quantitative estimate of drug-likeness (QED) is 0.151. The van der Waals surface area contributed by atoms with Gasteiger partial charge in [0, 0.05) is 27.8 Å². The van der Waals surface area contributed by atoms with Gasteiger partial charge in [-0.25, -0.2) is 0 Å². The van der Waals surface area contributed by atoms with E-state index in [2.05, 4.69) is 161 Å². The maximum atomic E-state index is 6.15. The van der Waals surface area contributed by atoms with E-state index >= 15 is 0 Å². The van der Waals surface area contributed by atoms with Crippen molar-refractivity contribution in [1.82, 2.24) is 14.8 Å². The summed E-state index contributed by atoms with van der Waals surface area (Å²) in [5.74, 6) is 0.979. The van der Waals surface area contributed by atoms with Crippen molar-refractivity contribution in [2.45, 2.75) is 0 Å². The van der Waals surface area contributed by atoms with Crippen LogP contribution in [-0.4, -0.2) is 14.8 Å². The van der Waals surface area contributed by atoms with Gasteiger partial charge in [0.15, 0.2) is 0 Å². The third kappa shape index (κ3) is 5.86. The van der Waals surface area contributed by atoms with Crippen LogP contribution in [0.15, 0.2) is 193 Å². The fourth-order valence-corrected chi connectivity index (χ4v) is 7.39. The predicted octanol–water partition coefficient (Wildman–Crippen LogP) is 13.3. The van der Waals surface area contributed by atoms with Crippen LogP contribution in [0.3, 0.4) is 0 Å². The van der Waals surface area contributed by atoms with Gasteiger partial charge in [0.05, 0.1) is 11.2 Å². The first-order chi connectivity index (χ1) is 26.7. The predicted molar refractivity (Wildman–Crippen MR) is 224 cm³/mol. The highest BCUT2D eigenvalue weighted by molar-refractivity contribution is 5.96. The van der Waals surface area contributed by atoms with Gasteiger partial charge in [-0.1, -0.05) is 153 Å². The van der Waals surface area contributed by atoms with Gasteiger partial charge in [-0.2, -0.15) is 0 Å². The van der Waals surface area contributed by atoms with Gasteiger partial charge in [0.2, 0.25) is 11.8 Å². The lowest BCUT2D eigenvalue weighted by Crippen LogP contribution is -1.97. The van der Waals surface area contributed by atoms with E-state index in [0.29, 0.717) is 11.8 Å². The summed E-state index contributed by atoms with van der Waals surface area (Å²) in [6, 6.07) is 61.2. The summed E-state index contributed by atoms with van der Waals surface area (Å²) in [7, 11) is 0. The van der Waals surface area contributed by atoms with Crippen LogP contribution in [0.1, 0.15) is 11.3 Å². The van der Waals surface area contributed by atoms with Gasteiger partial charge in [0.1, 0.15) is 0 Å². The molecular weight excluding hydrogens is 659 g/mol. The molecule has 54 heavy (non-hydrogen) atoms. The number of nitrogens with zero attached hydrogens (tertiary/aromatic N) is 3. The summed E-state index contributed by atoms with van der Waals surface area (Å²) in [6.45, 7) is 8.21. The van der Waals surface area contributed by atoms with E-state index < -0.39 is 0 Å². The highest BCUT2D eigenvalue weighted by Gasteiger charge is 2.17. The molecule has 0 spiro atoms. The molecule has 9 aromatic rings. The zero-order chi connectivity index (χ0) is 36.4. The Labute approximate surface area is 314 Å². The molecule has 9 rings (SSSR count). The van der Waals surface area contributed by atoms with Gasteiger partial charge in [-0.15, -0.1) is 10.2 Å². The lowest BCUT2D eigenvalue weighted by Gasteiger charge is -2.16. The first kappa shape index (κ1) is 32.6. The molecule has 2 aromatic heterocycles. The summed E-state index contributed by atoms with van der Waals surface area (Å²) in [6.07, 6.45) is 3.83. The van der Waals surface area contributed by atoms with Crippen molar-refractivity contribution >= 4 is 23.1 Å². The maximum Gasteiger partial charge on any atom is 0.248 e. The average Bonchev–Trinajstić information content (AvgIpc) is 3.88. The minimum Gasteiger partial charge on any atom is -0.416 e. The molecule has 0 aliphatic rings. The molecule has 0 N–H and O–H groups in total. The highest BCUT2D eigenvalue weighted by atomic mass is 16.4. The molecule has 0 aliphatic carbocycles. The van der Waals surface area contributed by atoms with Gasteiger partial charge in [0.25, 0.3) is 0 Å². The molecule has 0 saturated carbocycles. The molecule has 0 fully saturated rings. The third-order valence-corrected chi connectivity index (χ3v) is 10.0. The Bertz CT molecular complexity index is 2770. The third-order valence-electron chi connectivity index (χ3n) is 10.0. The molecule has 0 radical (unpaired) electrons. The SMILES string of the molecule is C=Cc1c(C=C)n(-c2ccc(-c3ccccc3-c3ccccc3-c3ccc(-c4nnc(-c5ccc(-c6ccccc6)cc5)o4)cc3)cc2)c2ccccc12. The van der Waals surface area contributed by atoms with Crippen molar-refractivity contribution < 1.29 is 4.42 Å². The smallest absolute Gasteiger partial charge is 0.248 e. The van der Waals surface area contributed by atoms with Crippen molar-refractivity contribution in [2.24, 2.45) is 0 Å². The molecule has 0 unspecified atom stereocenters. The molecular formula is C50H35N3O. The molecule has 0 amide bonds. The second-order valence-corrected chi connectivity index (χ2v) is 13.1. The van der Waals surface area contributed by atoms with Crippen LogP contribution in [0.4, 0.5) is 0 Å². The van der Waals surface area contributed by atoms with Crippen molar-refractivity contribution in [3.63, 3.8) is 0 Å². The molecule has 0 saturated heterocycles. The standard InChI is InChI=1S/C50H35N3O/c1-3-41-46-20-12-13-21-48(46)53(47(41)4-2)40-32-30-37(31-33-40)43-17-9-11-19-45(43)44-18-10-8-16-42(44)36-24-28-39(29-25-36)50-52-51-49(54-50)38-26-22-35(23-27-38)34-14-6-5-7-15-34/h3-33H,1-2H2. The Morgan fingerprint density at radius 3 is 1.41 bits per heavy atom. The summed E-state index contributed by atoms with van der Waals surface area (Å²) in [4.78, 5) is 0. The Morgan fingerprint density at radius 1 is 0.407 bits per heavy atom. The summed E-state index contributed by atoms with van der Waals surface area (Å²) in [5, 5.41) is 9.91. The van der Waals surface area contributed by atoms with Crippen LogP contribution in [0.25, 0.3) is 96.2 Å². The molecule has 256 valence electrons. The zero-order valence-electron chi connectivity index (χ0n) is 29.6. The van der Waals surface area contributed by atoms with Crippen LogP contribution in [0, 0.1) is 0 Å². The van der Waals surface area contributed by atoms with Gasteiger partial charge >= 0.3 is 0 Å². The fraction of sp³-hybridized carbons (Fsp3) is 0. The summed E-state index contributed by atoms with van der Waals surface area (Å²) < 4.78 is 8.41. The number of hydrogen-bond donors (Lipinski definition) is 0. The van der Waals surface area contributed by atoms with Crippen LogP contribution >= 0.6 is 0 Å². The average molecular weight is 694 g/mol. The normalized spacial score (nSPS) is 11.1. The molecule has 2 heterocycles. The van der Waals surface area contributed by atoms with E-state index in [1.807, 2.05) is 54.6 Å². The van der Waals surface area contributed by atoms with Crippen LogP contribution < -0.4 is 0 Å². The summed E-state index contributed by atoms with van der Waals surface area (Å²) in [5.41, 5.74) is 15.3. The Kier molecular flexibility index (Phi) is 8.46. The van der Waals surface area contributed by atoms with Crippen molar-refractivity contribution in [2.75, 3.05) is 0 Å². The number of aromatic nitrogens is 3. The van der Waals surface area contributed by atoms with Crippen molar-refractivity contribution in [3.8, 4) is 73.1 Å². The van der Waals surface area contributed by atoms with Crippen molar-refractivity contribution in [3.05, 3.63) is 200 Å². The number of para-hydroxylation sites is 1. The Hall–Kier alpha value is -7.30. The molecule has 4 nitrogen and oxygen atoms in total. The molecule has 7 aromatic carbocycles. The number of fused-ring (bicyclic) bond motifs is 1. The second kappa shape index (κ2) is 14.0. The van der Waals surface area contributed by atoms with E-state index in [0.717, 1.165) is 77.9 Å². The van der Waals surface area contributed by atoms with E-state index in [1.165, 1.54) is 5.56 Å². The van der Waals surface area contributed by atoms with E-state index in [-0.39, 0.29) is 0 Å². The fourth-order valence-electron chi connectivity index (χ4n) is 7.39. The molecule has 4 heteroatoms. The van der Waals surface area contributed by atoms with Crippen LogP contribution in [0.5, 0.6) is 0 Å². The Balaban J connectivity index is 1.00. The minimum absolute atomic E-state index is 0.486. The number of benzene rings is 7. The maximum absolute atomic E-state index is 6.15. The van der Waals surface area contributed by atoms with Gasteiger partial charge in [-0.05, 0) is 93.0 Å². The molecule has 0 atom stereocenters. The van der Waals surface area contributed by atoms with E-state index in [4.69, 9.17) is 4.42 Å². The first-order valence-corrected chi connectivity index (χ1v) is 18.0. The number of rotatable bonds is 9. The summed E-state index contributed by atoms with van der Waals surface area (Å²) >= 11 is 0. The largest absolute Gasteiger partial charge is 0.416 e. The van der Waals surface area contributed by atoms with E-state index in [1.54, 1.807) is 0 Å². The zero-order valence-corrected chi connectivity index (χ0v) is 29.6. The van der Waals surface area contributed by atoms with Crippen molar-refractivity contribution in [1.29, 1.82) is 0 Å². The molecule has 0 aliphatic heterocycles. The number of hydrogen-bond acceptors (Lipinski definition) is 3. The first-order valence-electron chi connectivity index (χ1n) is 18.0. The van der Waals surface area contributed by atoms with Gasteiger partial charge < -0.3 is 8.98 Å². The molecule has 0 bridgehead atoms. The topological polar surface area (TPSA) is 43.9 Å².